The van der Waals surface area contributed by atoms with Crippen molar-refractivity contribution in [2.75, 3.05) is 19.8 Å². The summed E-state index contributed by atoms with van der Waals surface area (Å²) in [6.45, 7) is 1.31. The Bertz CT molecular complexity index is 763. The molecule has 2 aliphatic rings. The van der Waals surface area contributed by atoms with Gasteiger partial charge in [-0.15, -0.1) is 0 Å². The fourth-order valence-corrected chi connectivity index (χ4v) is 3.36. The smallest absolute Gasteiger partial charge is 0.260 e. The quantitative estimate of drug-likeness (QED) is 0.745. The molecular formula is C20H20N2O3. The summed E-state index contributed by atoms with van der Waals surface area (Å²) in [5.74, 6) is -0.143. The van der Waals surface area contributed by atoms with Gasteiger partial charge in [0.25, 0.3) is 5.91 Å². The first kappa shape index (κ1) is 15.8. The van der Waals surface area contributed by atoms with Gasteiger partial charge in [-0.05, 0) is 24.0 Å². The maximum atomic E-state index is 12.0. The van der Waals surface area contributed by atoms with E-state index in [4.69, 9.17) is 9.57 Å². The molecule has 0 saturated carbocycles. The van der Waals surface area contributed by atoms with Gasteiger partial charge in [0.2, 0.25) is 0 Å². The Hall–Kier alpha value is -2.66. The molecule has 1 aliphatic heterocycles. The summed E-state index contributed by atoms with van der Waals surface area (Å²) in [5, 5.41) is 7.24. The molecule has 5 heteroatoms. The number of carbonyl (C=O) groups excluding carboxylic acids is 1. The van der Waals surface area contributed by atoms with Gasteiger partial charge in [-0.25, -0.2) is 0 Å². The lowest BCUT2D eigenvalue weighted by Crippen LogP contribution is -2.40. The fraction of sp³-hybridized carbons (Fsp3) is 0.300. The number of amides is 1. The van der Waals surface area contributed by atoms with E-state index in [9.17, 15) is 4.79 Å². The van der Waals surface area contributed by atoms with E-state index in [2.05, 4.69) is 22.6 Å². The highest BCUT2D eigenvalue weighted by atomic mass is 16.6. The molecule has 0 atom stereocenters. The second-order valence-corrected chi connectivity index (χ2v) is 6.26. The third-order valence-corrected chi connectivity index (χ3v) is 4.59. The van der Waals surface area contributed by atoms with Crippen molar-refractivity contribution in [2.24, 2.45) is 5.16 Å². The van der Waals surface area contributed by atoms with Gasteiger partial charge >= 0.3 is 0 Å². The molecule has 0 unspecified atom stereocenters. The third kappa shape index (κ3) is 3.28. The molecule has 1 saturated heterocycles. The Morgan fingerprint density at radius 2 is 1.56 bits per heavy atom. The van der Waals surface area contributed by atoms with E-state index in [0.29, 0.717) is 13.2 Å². The molecule has 0 aromatic heterocycles. The van der Waals surface area contributed by atoms with Crippen molar-refractivity contribution >= 4 is 11.6 Å². The van der Waals surface area contributed by atoms with Crippen molar-refractivity contribution in [3.05, 3.63) is 59.7 Å². The van der Waals surface area contributed by atoms with E-state index < -0.39 is 0 Å². The Kier molecular flexibility index (Phi) is 4.48. The molecule has 1 N–H and O–H groups in total. The van der Waals surface area contributed by atoms with Crippen molar-refractivity contribution in [3.8, 4) is 11.1 Å². The van der Waals surface area contributed by atoms with Crippen molar-refractivity contribution in [2.45, 2.75) is 18.9 Å². The summed E-state index contributed by atoms with van der Waals surface area (Å²) in [5.41, 5.74) is 5.14. The summed E-state index contributed by atoms with van der Waals surface area (Å²) in [4.78, 5) is 17.4. The summed E-state index contributed by atoms with van der Waals surface area (Å²) in [6, 6.07) is 16.4. The minimum atomic E-state index is -0.143. The van der Waals surface area contributed by atoms with Crippen LogP contribution in [-0.2, 0) is 14.4 Å². The molecule has 0 radical (unpaired) electrons. The van der Waals surface area contributed by atoms with E-state index in [1.807, 2.05) is 36.4 Å². The predicted octanol–water partition coefficient (Wildman–Crippen LogP) is 2.73. The maximum Gasteiger partial charge on any atom is 0.260 e. The maximum absolute atomic E-state index is 12.0. The van der Waals surface area contributed by atoms with Crippen LogP contribution in [0.5, 0.6) is 0 Å². The van der Waals surface area contributed by atoms with Crippen LogP contribution in [0.2, 0.25) is 0 Å². The highest BCUT2D eigenvalue weighted by Gasteiger charge is 2.24. The van der Waals surface area contributed by atoms with Crippen LogP contribution in [0.25, 0.3) is 11.1 Å². The molecule has 1 fully saturated rings. The van der Waals surface area contributed by atoms with E-state index in [1.165, 1.54) is 0 Å². The lowest BCUT2D eigenvalue weighted by molar-refractivity contribution is -0.126. The molecular weight excluding hydrogens is 316 g/mol. The lowest BCUT2D eigenvalue weighted by Gasteiger charge is -2.22. The fourth-order valence-electron chi connectivity index (χ4n) is 3.36. The first-order valence-electron chi connectivity index (χ1n) is 8.59. The molecule has 1 amide bonds. The Labute approximate surface area is 146 Å². The van der Waals surface area contributed by atoms with Crippen LogP contribution in [0.15, 0.2) is 53.7 Å². The van der Waals surface area contributed by atoms with Gasteiger partial charge in [0.05, 0.1) is 0 Å². The number of hydrogen-bond acceptors (Lipinski definition) is 4. The molecule has 128 valence electrons. The van der Waals surface area contributed by atoms with Gasteiger partial charge in [-0.3, -0.25) is 4.79 Å². The number of benzene rings is 2. The van der Waals surface area contributed by atoms with Crippen molar-refractivity contribution < 1.29 is 14.4 Å². The Balaban J connectivity index is 1.45. The van der Waals surface area contributed by atoms with E-state index in [-0.39, 0.29) is 18.6 Å². The predicted molar refractivity (Wildman–Crippen MR) is 95.5 cm³/mol. The highest BCUT2D eigenvalue weighted by molar-refractivity contribution is 6.24. The van der Waals surface area contributed by atoms with Gasteiger partial charge in [0, 0.05) is 30.4 Å². The van der Waals surface area contributed by atoms with Crippen molar-refractivity contribution in [1.29, 1.82) is 0 Å². The van der Waals surface area contributed by atoms with E-state index >= 15 is 0 Å². The zero-order valence-electron chi connectivity index (χ0n) is 13.9. The average Bonchev–Trinajstić information content (AvgIpc) is 2.97. The molecule has 2 aromatic rings. The van der Waals surface area contributed by atoms with Crippen LogP contribution < -0.4 is 5.32 Å². The van der Waals surface area contributed by atoms with Crippen LogP contribution >= 0.6 is 0 Å². The summed E-state index contributed by atoms with van der Waals surface area (Å²) < 4.78 is 5.29. The normalized spacial score (nSPS) is 16.1. The second-order valence-electron chi connectivity index (χ2n) is 6.26. The number of oxime groups is 1. The highest BCUT2D eigenvalue weighted by Crippen LogP contribution is 2.36. The molecule has 1 aliphatic carbocycles. The molecule has 0 bridgehead atoms. The van der Waals surface area contributed by atoms with Crippen LogP contribution in [0.4, 0.5) is 0 Å². The topological polar surface area (TPSA) is 59.9 Å². The molecule has 25 heavy (non-hydrogen) atoms. The largest absolute Gasteiger partial charge is 0.385 e. The average molecular weight is 336 g/mol. The lowest BCUT2D eigenvalue weighted by atomic mass is 10.1. The number of ether oxygens (including phenoxy) is 1. The molecule has 1 heterocycles. The molecule has 0 spiro atoms. The molecule has 2 aromatic carbocycles. The number of nitrogens with one attached hydrogen (secondary N) is 1. The number of hydrogen-bond donors (Lipinski definition) is 1. The van der Waals surface area contributed by atoms with Crippen molar-refractivity contribution in [3.63, 3.8) is 0 Å². The Morgan fingerprint density at radius 3 is 2.16 bits per heavy atom. The van der Waals surface area contributed by atoms with Gasteiger partial charge in [-0.1, -0.05) is 53.7 Å². The van der Waals surface area contributed by atoms with Crippen LogP contribution in [0.3, 0.4) is 0 Å². The van der Waals surface area contributed by atoms with Crippen LogP contribution in [0.1, 0.15) is 24.0 Å². The summed E-state index contributed by atoms with van der Waals surface area (Å²) in [6.07, 6.45) is 1.70. The third-order valence-electron chi connectivity index (χ3n) is 4.59. The number of rotatable bonds is 4. The zero-order valence-corrected chi connectivity index (χ0v) is 13.9. The van der Waals surface area contributed by atoms with Gasteiger partial charge in [0.15, 0.2) is 6.61 Å². The minimum Gasteiger partial charge on any atom is -0.385 e. The first-order chi connectivity index (χ1) is 12.3. The minimum absolute atomic E-state index is 0.0782. The number of carbonyl (C=O) groups is 1. The van der Waals surface area contributed by atoms with Crippen LogP contribution in [0, 0.1) is 0 Å². The van der Waals surface area contributed by atoms with E-state index in [1.54, 1.807) is 0 Å². The summed E-state index contributed by atoms with van der Waals surface area (Å²) in [7, 11) is 0. The number of nitrogens with zero attached hydrogens (tertiary/aromatic N) is 1. The molecule has 4 rings (SSSR count). The standard InChI is InChI=1S/C20H20N2O3/c23-19(21-14-9-11-24-12-10-14)13-25-22-20-17-7-3-1-5-15(17)16-6-2-4-8-18(16)20/h1-8,14H,9-13H2,(H,21,23). The first-order valence-corrected chi connectivity index (χ1v) is 8.59. The van der Waals surface area contributed by atoms with Gasteiger partial charge in [-0.2, -0.15) is 0 Å². The van der Waals surface area contributed by atoms with Crippen LogP contribution in [-0.4, -0.2) is 37.5 Å². The van der Waals surface area contributed by atoms with Gasteiger partial charge in [0.1, 0.15) is 5.71 Å². The second kappa shape index (κ2) is 7.07. The Morgan fingerprint density at radius 1 is 1.00 bits per heavy atom. The zero-order chi connectivity index (χ0) is 17.1. The SMILES string of the molecule is O=C(CON=C1c2ccccc2-c2ccccc21)NC1CCOCC1. The van der Waals surface area contributed by atoms with Gasteiger partial charge < -0.3 is 14.9 Å². The number of fused-ring (bicyclic) bond motifs is 3. The monoisotopic (exact) mass is 336 g/mol. The van der Waals surface area contributed by atoms with Crippen molar-refractivity contribution in [1.82, 2.24) is 5.32 Å². The summed E-state index contributed by atoms with van der Waals surface area (Å²) >= 11 is 0. The van der Waals surface area contributed by atoms with E-state index in [0.717, 1.165) is 40.8 Å². The molecule has 5 nitrogen and oxygen atoms in total.